The maximum absolute atomic E-state index is 6.26. The van der Waals surface area contributed by atoms with Gasteiger partial charge in [-0.1, -0.05) is 24.3 Å². The van der Waals surface area contributed by atoms with Gasteiger partial charge in [-0.2, -0.15) is 10.3 Å². The molecule has 6 rings (SSSR count). The van der Waals surface area contributed by atoms with Crippen molar-refractivity contribution in [1.82, 2.24) is 35.2 Å². The predicted octanol–water partition coefficient (Wildman–Crippen LogP) is 5.15. The minimum atomic E-state index is 0.523. The zero-order valence-corrected chi connectivity index (χ0v) is 20.5. The molecule has 1 N–H and O–H groups in total. The van der Waals surface area contributed by atoms with Crippen molar-refractivity contribution in [3.63, 3.8) is 0 Å². The van der Waals surface area contributed by atoms with Crippen LogP contribution < -0.4 is 4.90 Å². The van der Waals surface area contributed by atoms with Gasteiger partial charge < -0.3 is 9.32 Å². The van der Waals surface area contributed by atoms with E-state index in [0.717, 1.165) is 68.7 Å². The summed E-state index contributed by atoms with van der Waals surface area (Å²) in [5.41, 5.74) is 5.71. The molecule has 0 unspecified atom stereocenters. The largest absolute Gasteiger partial charge is 0.455 e. The Labute approximate surface area is 208 Å². The number of nitrogens with zero attached hydrogens (tertiary/aromatic N) is 7. The zero-order valence-electron chi connectivity index (χ0n) is 18.9. The van der Waals surface area contributed by atoms with E-state index in [9.17, 15) is 0 Å². The number of rotatable bonds is 7. The van der Waals surface area contributed by atoms with Crippen molar-refractivity contribution in [1.29, 1.82) is 0 Å². The van der Waals surface area contributed by atoms with Crippen molar-refractivity contribution in [2.45, 2.75) is 12.8 Å². The molecule has 0 amide bonds. The summed E-state index contributed by atoms with van der Waals surface area (Å²) in [6.07, 6.45) is 5.53. The summed E-state index contributed by atoms with van der Waals surface area (Å²) < 4.78 is 9.07. The fourth-order valence-electron chi connectivity index (χ4n) is 4.32. The van der Waals surface area contributed by atoms with Crippen molar-refractivity contribution >= 4 is 38.2 Å². The SMILES string of the molecule is CN(CCCc1ccnc2ccnn12)c1ccc2oc(-c3ccccc3-c3nn[nH]n3)c(Br)c2c1. The van der Waals surface area contributed by atoms with Crippen molar-refractivity contribution < 1.29 is 4.42 Å². The van der Waals surface area contributed by atoms with Crippen LogP contribution in [0.1, 0.15) is 12.1 Å². The number of aromatic amines is 1. The second-order valence-electron chi connectivity index (χ2n) is 8.27. The lowest BCUT2D eigenvalue weighted by Gasteiger charge is -2.19. The van der Waals surface area contributed by atoms with E-state index in [4.69, 9.17) is 4.42 Å². The molecule has 2 aromatic carbocycles. The molecule has 4 heterocycles. The number of halogens is 1. The van der Waals surface area contributed by atoms with Gasteiger partial charge in [0.2, 0.25) is 5.82 Å². The van der Waals surface area contributed by atoms with E-state index in [2.05, 4.69) is 70.7 Å². The number of tetrazole rings is 1. The Morgan fingerprint density at radius 1 is 1.06 bits per heavy atom. The maximum atomic E-state index is 6.26. The average molecular weight is 529 g/mol. The van der Waals surface area contributed by atoms with Crippen molar-refractivity contribution in [2.24, 2.45) is 0 Å². The monoisotopic (exact) mass is 528 g/mol. The number of anilines is 1. The summed E-state index contributed by atoms with van der Waals surface area (Å²) in [5.74, 6) is 1.26. The zero-order chi connectivity index (χ0) is 23.8. The molecule has 4 aromatic heterocycles. The molecule has 0 saturated carbocycles. The molecule has 0 saturated heterocycles. The molecule has 9 nitrogen and oxygen atoms in total. The van der Waals surface area contributed by atoms with Crippen LogP contribution in [0.2, 0.25) is 0 Å². The molecule has 0 spiro atoms. The highest BCUT2D eigenvalue weighted by Gasteiger charge is 2.19. The summed E-state index contributed by atoms with van der Waals surface area (Å²) >= 11 is 3.78. The van der Waals surface area contributed by atoms with E-state index in [1.807, 2.05) is 53.2 Å². The van der Waals surface area contributed by atoms with Gasteiger partial charge >= 0.3 is 0 Å². The van der Waals surface area contributed by atoms with E-state index >= 15 is 0 Å². The molecular formula is C25H21BrN8O. The van der Waals surface area contributed by atoms with Gasteiger partial charge in [-0.05, 0) is 58.3 Å². The molecule has 35 heavy (non-hydrogen) atoms. The minimum absolute atomic E-state index is 0.523. The van der Waals surface area contributed by atoms with E-state index in [0.29, 0.717) is 5.82 Å². The third-order valence-corrected chi connectivity index (χ3v) is 6.89. The van der Waals surface area contributed by atoms with Crippen molar-refractivity contribution in [3.05, 3.63) is 77.2 Å². The van der Waals surface area contributed by atoms with Gasteiger partial charge in [0.15, 0.2) is 5.65 Å². The summed E-state index contributed by atoms with van der Waals surface area (Å²) in [6.45, 7) is 0.902. The fraction of sp³-hybridized carbons (Fsp3) is 0.160. The second-order valence-corrected chi connectivity index (χ2v) is 9.06. The first-order chi connectivity index (χ1) is 17.2. The molecule has 0 aliphatic carbocycles. The molecule has 174 valence electrons. The van der Waals surface area contributed by atoms with Crippen LogP contribution in [0, 0.1) is 0 Å². The number of H-pyrrole nitrogens is 1. The summed E-state index contributed by atoms with van der Waals surface area (Å²) in [5, 5.41) is 19.9. The standard InChI is InChI=1S/C25H21BrN8O/c1-33(14-4-5-16-10-12-27-22-11-13-28-34(16)22)17-8-9-21-20(15-17)23(26)24(35-21)18-6-2-3-7-19(18)25-29-31-32-30-25/h2-3,6-13,15H,4-5,14H2,1H3,(H,29,30,31,32). The highest BCUT2D eigenvalue weighted by Crippen LogP contribution is 2.42. The number of aromatic nitrogens is 7. The lowest BCUT2D eigenvalue weighted by atomic mass is 10.0. The first-order valence-corrected chi connectivity index (χ1v) is 12.0. The van der Waals surface area contributed by atoms with Gasteiger partial charge in [-0.3, -0.25) is 0 Å². The van der Waals surface area contributed by atoms with Crippen LogP contribution in [-0.2, 0) is 6.42 Å². The van der Waals surface area contributed by atoms with Gasteiger partial charge in [0.25, 0.3) is 0 Å². The quantitative estimate of drug-likeness (QED) is 0.305. The van der Waals surface area contributed by atoms with E-state index in [1.165, 1.54) is 0 Å². The van der Waals surface area contributed by atoms with Gasteiger partial charge in [-0.25, -0.2) is 9.50 Å². The molecule has 0 bridgehead atoms. The van der Waals surface area contributed by atoms with Gasteiger partial charge in [0.1, 0.15) is 11.3 Å². The van der Waals surface area contributed by atoms with Crippen LogP contribution in [-0.4, -0.2) is 48.8 Å². The van der Waals surface area contributed by atoms with E-state index < -0.39 is 0 Å². The van der Waals surface area contributed by atoms with Crippen LogP contribution in [0.4, 0.5) is 5.69 Å². The van der Waals surface area contributed by atoms with E-state index in [-0.39, 0.29) is 0 Å². The van der Waals surface area contributed by atoms with Crippen LogP contribution >= 0.6 is 15.9 Å². The normalized spacial score (nSPS) is 11.5. The van der Waals surface area contributed by atoms with Crippen LogP contribution in [0.5, 0.6) is 0 Å². The summed E-state index contributed by atoms with van der Waals surface area (Å²) in [6, 6.07) is 18.1. The Hall–Kier alpha value is -4.05. The number of nitrogens with one attached hydrogen (secondary N) is 1. The minimum Gasteiger partial charge on any atom is -0.455 e. The maximum Gasteiger partial charge on any atom is 0.205 e. The molecule has 10 heteroatoms. The molecule has 0 radical (unpaired) electrons. The predicted molar refractivity (Wildman–Crippen MR) is 137 cm³/mol. The Bertz CT molecular complexity index is 1620. The topological polar surface area (TPSA) is 101 Å². The smallest absolute Gasteiger partial charge is 0.205 e. The third-order valence-electron chi connectivity index (χ3n) is 6.10. The molecular weight excluding hydrogens is 508 g/mol. The van der Waals surface area contributed by atoms with Crippen LogP contribution in [0.15, 0.2) is 75.9 Å². The van der Waals surface area contributed by atoms with Crippen molar-refractivity contribution in [2.75, 3.05) is 18.5 Å². The van der Waals surface area contributed by atoms with Crippen LogP contribution in [0.3, 0.4) is 0 Å². The van der Waals surface area contributed by atoms with Gasteiger partial charge in [-0.15, -0.1) is 10.2 Å². The molecule has 6 aromatic rings. The highest BCUT2D eigenvalue weighted by molar-refractivity contribution is 9.10. The number of hydrogen-bond acceptors (Lipinski definition) is 7. The first kappa shape index (κ1) is 21.5. The molecule has 0 aliphatic heterocycles. The number of aryl methyl sites for hydroxylation is 1. The lowest BCUT2D eigenvalue weighted by molar-refractivity contribution is 0.630. The highest BCUT2D eigenvalue weighted by atomic mass is 79.9. The number of furan rings is 1. The van der Waals surface area contributed by atoms with Crippen molar-refractivity contribution in [3.8, 4) is 22.7 Å². The molecule has 0 atom stereocenters. The van der Waals surface area contributed by atoms with Gasteiger partial charge in [0.05, 0.1) is 10.7 Å². The number of hydrogen-bond donors (Lipinski definition) is 1. The summed E-state index contributed by atoms with van der Waals surface area (Å²) in [4.78, 5) is 6.60. The lowest BCUT2D eigenvalue weighted by Crippen LogP contribution is -2.19. The average Bonchev–Trinajstić information content (AvgIpc) is 3.65. The third kappa shape index (κ3) is 3.95. The molecule has 0 fully saturated rings. The Balaban J connectivity index is 1.24. The van der Waals surface area contributed by atoms with Crippen LogP contribution in [0.25, 0.3) is 39.3 Å². The second kappa shape index (κ2) is 8.95. The van der Waals surface area contributed by atoms with Gasteiger partial charge in [0, 0.05) is 53.8 Å². The summed E-state index contributed by atoms with van der Waals surface area (Å²) in [7, 11) is 2.11. The molecule has 0 aliphatic rings. The Morgan fingerprint density at radius 2 is 1.94 bits per heavy atom. The van der Waals surface area contributed by atoms with E-state index in [1.54, 1.807) is 6.20 Å². The fourth-order valence-corrected chi connectivity index (χ4v) is 4.92. The number of benzene rings is 2. The first-order valence-electron chi connectivity index (χ1n) is 11.2. The Kier molecular flexibility index (Phi) is 5.49. The number of fused-ring (bicyclic) bond motifs is 2. The Morgan fingerprint density at radius 3 is 2.80 bits per heavy atom.